The smallest absolute Gasteiger partial charge is 0.172 e. The predicted octanol–water partition coefficient (Wildman–Crippen LogP) is 2.02. The van der Waals surface area contributed by atoms with E-state index < -0.39 is 0 Å². The van der Waals surface area contributed by atoms with Crippen molar-refractivity contribution in [2.75, 3.05) is 11.4 Å². The van der Waals surface area contributed by atoms with E-state index in [0.717, 1.165) is 17.8 Å². The monoisotopic (exact) mass is 221 g/mol. The van der Waals surface area contributed by atoms with Gasteiger partial charge in [-0.3, -0.25) is 0 Å². The maximum Gasteiger partial charge on any atom is 0.172 e. The number of hydrogen-bond acceptors (Lipinski definition) is 3. The number of amidine groups is 1. The van der Waals surface area contributed by atoms with E-state index in [0.29, 0.717) is 6.04 Å². The summed E-state index contributed by atoms with van der Waals surface area (Å²) in [5.74, 6) is 0.148. The van der Waals surface area contributed by atoms with Crippen LogP contribution in [0.25, 0.3) is 0 Å². The van der Waals surface area contributed by atoms with Crippen LogP contribution < -0.4 is 10.6 Å². The Bertz CT molecular complexity index is 374. The molecule has 0 unspecified atom stereocenters. The first-order valence-corrected chi connectivity index (χ1v) is 5.45. The highest BCUT2D eigenvalue weighted by Crippen LogP contribution is 2.21. The van der Waals surface area contributed by atoms with Crippen LogP contribution in [-0.2, 0) is 0 Å². The molecule has 4 heteroatoms. The third-order valence-corrected chi connectivity index (χ3v) is 2.56. The van der Waals surface area contributed by atoms with E-state index in [1.54, 1.807) is 0 Å². The minimum atomic E-state index is 0.148. The molecule has 0 radical (unpaired) electrons. The molecule has 4 nitrogen and oxygen atoms in total. The molecule has 0 aliphatic carbocycles. The molecule has 0 amide bonds. The van der Waals surface area contributed by atoms with E-state index in [1.807, 2.05) is 24.3 Å². The predicted molar refractivity (Wildman–Crippen MR) is 67.1 cm³/mol. The summed E-state index contributed by atoms with van der Waals surface area (Å²) in [5.41, 5.74) is 7.42. The van der Waals surface area contributed by atoms with Gasteiger partial charge in [0, 0.05) is 23.8 Å². The maximum atomic E-state index is 8.75. The molecule has 0 heterocycles. The molecule has 0 aromatic heterocycles. The van der Waals surface area contributed by atoms with E-state index in [2.05, 4.69) is 30.8 Å². The second-order valence-electron chi connectivity index (χ2n) is 3.88. The molecule has 1 aromatic carbocycles. The van der Waals surface area contributed by atoms with Gasteiger partial charge in [-0.1, -0.05) is 17.3 Å². The molecule has 0 aliphatic heterocycles. The van der Waals surface area contributed by atoms with Crippen molar-refractivity contribution < 1.29 is 5.21 Å². The summed E-state index contributed by atoms with van der Waals surface area (Å²) in [7, 11) is 0. The van der Waals surface area contributed by atoms with Crippen LogP contribution in [0.3, 0.4) is 0 Å². The van der Waals surface area contributed by atoms with Gasteiger partial charge in [0.2, 0.25) is 0 Å². The fourth-order valence-electron chi connectivity index (χ4n) is 1.81. The highest BCUT2D eigenvalue weighted by molar-refractivity contribution is 6.02. The topological polar surface area (TPSA) is 61.8 Å². The summed E-state index contributed by atoms with van der Waals surface area (Å²) in [4.78, 5) is 2.20. The van der Waals surface area contributed by atoms with Gasteiger partial charge in [0.15, 0.2) is 5.84 Å². The first-order valence-electron chi connectivity index (χ1n) is 5.45. The largest absolute Gasteiger partial charge is 0.409 e. The van der Waals surface area contributed by atoms with Crippen molar-refractivity contribution in [2.45, 2.75) is 26.8 Å². The van der Waals surface area contributed by atoms with Crippen LogP contribution in [-0.4, -0.2) is 23.6 Å². The summed E-state index contributed by atoms with van der Waals surface area (Å²) in [6, 6.07) is 8.05. The highest BCUT2D eigenvalue weighted by Gasteiger charge is 2.14. The van der Waals surface area contributed by atoms with Crippen LogP contribution in [0.5, 0.6) is 0 Å². The Morgan fingerprint density at radius 2 is 2.06 bits per heavy atom. The van der Waals surface area contributed by atoms with Crippen molar-refractivity contribution in [1.29, 1.82) is 0 Å². The number of nitrogens with two attached hydrogens (primary N) is 1. The minimum absolute atomic E-state index is 0.148. The lowest BCUT2D eigenvalue weighted by Crippen LogP contribution is -2.32. The molecule has 0 saturated heterocycles. The average Bonchev–Trinajstić information content (AvgIpc) is 2.29. The molecule has 0 fully saturated rings. The van der Waals surface area contributed by atoms with E-state index in [-0.39, 0.29) is 5.84 Å². The third kappa shape index (κ3) is 2.45. The normalized spacial score (nSPS) is 11.9. The van der Waals surface area contributed by atoms with Crippen LogP contribution in [0.4, 0.5) is 5.69 Å². The molecule has 0 aliphatic rings. The van der Waals surface area contributed by atoms with Crippen LogP contribution in [0.15, 0.2) is 29.4 Å². The Hall–Kier alpha value is -1.71. The molecule has 0 atom stereocenters. The zero-order valence-corrected chi connectivity index (χ0v) is 10.0. The number of benzene rings is 1. The molecule has 0 spiro atoms. The number of rotatable bonds is 4. The molecule has 3 N–H and O–H groups in total. The Morgan fingerprint density at radius 3 is 2.56 bits per heavy atom. The minimum Gasteiger partial charge on any atom is -0.409 e. The second kappa shape index (κ2) is 5.39. The van der Waals surface area contributed by atoms with E-state index >= 15 is 0 Å². The lowest BCUT2D eigenvalue weighted by molar-refractivity contribution is 0.318. The van der Waals surface area contributed by atoms with Crippen molar-refractivity contribution in [3.8, 4) is 0 Å². The van der Waals surface area contributed by atoms with Crippen LogP contribution in [0.2, 0.25) is 0 Å². The van der Waals surface area contributed by atoms with Gasteiger partial charge in [-0.25, -0.2) is 0 Å². The van der Waals surface area contributed by atoms with Crippen molar-refractivity contribution >= 4 is 11.5 Å². The lowest BCUT2D eigenvalue weighted by atomic mass is 10.1. The number of nitrogens with zero attached hydrogens (tertiary/aromatic N) is 2. The molecular formula is C12H19N3O. The standard InChI is InChI=1S/C12H19N3O/c1-4-15(9(2)3)11-8-6-5-7-10(11)12(13)14-16/h5-9,16H,4H2,1-3H3,(H2,13,14). The van der Waals surface area contributed by atoms with Gasteiger partial charge < -0.3 is 15.8 Å². The molecule has 0 bridgehead atoms. The fourth-order valence-corrected chi connectivity index (χ4v) is 1.81. The highest BCUT2D eigenvalue weighted by atomic mass is 16.4. The van der Waals surface area contributed by atoms with Gasteiger partial charge in [-0.2, -0.15) is 0 Å². The summed E-state index contributed by atoms with van der Waals surface area (Å²) >= 11 is 0. The molecular weight excluding hydrogens is 202 g/mol. The van der Waals surface area contributed by atoms with Crippen LogP contribution >= 0.6 is 0 Å². The van der Waals surface area contributed by atoms with E-state index in [4.69, 9.17) is 10.9 Å². The third-order valence-electron chi connectivity index (χ3n) is 2.56. The lowest BCUT2D eigenvalue weighted by Gasteiger charge is -2.29. The Kier molecular flexibility index (Phi) is 4.17. The molecule has 1 aromatic rings. The van der Waals surface area contributed by atoms with Gasteiger partial charge in [0.25, 0.3) is 0 Å². The molecule has 0 saturated carbocycles. The number of para-hydroxylation sites is 1. The first-order chi connectivity index (χ1) is 7.61. The van der Waals surface area contributed by atoms with E-state index in [9.17, 15) is 0 Å². The van der Waals surface area contributed by atoms with E-state index in [1.165, 1.54) is 0 Å². The molecule has 88 valence electrons. The quantitative estimate of drug-likeness (QED) is 0.354. The SMILES string of the molecule is CCN(c1ccccc1/C(N)=N/O)C(C)C. The zero-order valence-electron chi connectivity index (χ0n) is 10.0. The van der Waals surface area contributed by atoms with Gasteiger partial charge in [-0.15, -0.1) is 0 Å². The maximum absolute atomic E-state index is 8.75. The van der Waals surface area contributed by atoms with Crippen molar-refractivity contribution in [3.05, 3.63) is 29.8 Å². The summed E-state index contributed by atoms with van der Waals surface area (Å²) in [6.07, 6.45) is 0. The Morgan fingerprint density at radius 1 is 1.44 bits per heavy atom. The number of anilines is 1. The fraction of sp³-hybridized carbons (Fsp3) is 0.417. The summed E-state index contributed by atoms with van der Waals surface area (Å²) < 4.78 is 0. The Labute approximate surface area is 96.4 Å². The Balaban J connectivity index is 3.21. The van der Waals surface area contributed by atoms with Crippen molar-refractivity contribution in [3.63, 3.8) is 0 Å². The van der Waals surface area contributed by atoms with Gasteiger partial charge in [0.1, 0.15) is 0 Å². The first kappa shape index (κ1) is 12.4. The van der Waals surface area contributed by atoms with Crippen LogP contribution in [0, 0.1) is 0 Å². The average molecular weight is 221 g/mol. The van der Waals surface area contributed by atoms with Crippen molar-refractivity contribution in [2.24, 2.45) is 10.9 Å². The van der Waals surface area contributed by atoms with Gasteiger partial charge in [-0.05, 0) is 32.9 Å². The molecule has 1 rings (SSSR count). The number of oxime groups is 1. The van der Waals surface area contributed by atoms with Crippen LogP contribution in [0.1, 0.15) is 26.3 Å². The zero-order chi connectivity index (χ0) is 12.1. The van der Waals surface area contributed by atoms with Crippen molar-refractivity contribution in [1.82, 2.24) is 0 Å². The van der Waals surface area contributed by atoms with Gasteiger partial charge in [0.05, 0.1) is 0 Å². The van der Waals surface area contributed by atoms with Gasteiger partial charge >= 0.3 is 0 Å². The summed E-state index contributed by atoms with van der Waals surface area (Å²) in [5, 5.41) is 11.8. The molecule has 16 heavy (non-hydrogen) atoms. The number of hydrogen-bond donors (Lipinski definition) is 2. The second-order valence-corrected chi connectivity index (χ2v) is 3.88. The summed E-state index contributed by atoms with van der Waals surface area (Å²) in [6.45, 7) is 7.20.